The van der Waals surface area contributed by atoms with Gasteiger partial charge in [-0.25, -0.2) is 0 Å². The zero-order valence-electron chi connectivity index (χ0n) is 11.2. The molecular weight excluding hydrogens is 228 g/mol. The van der Waals surface area contributed by atoms with Crippen molar-refractivity contribution in [2.75, 3.05) is 0 Å². The minimum absolute atomic E-state index is 0.0266. The molecule has 0 bridgehead atoms. The molecule has 0 radical (unpaired) electrons. The first kappa shape index (κ1) is 11.7. The minimum Gasteiger partial charge on any atom is -0.331 e. The van der Waals surface area contributed by atoms with Crippen LogP contribution in [0.15, 0.2) is 0 Å². The Morgan fingerprint density at radius 1 is 1.33 bits per heavy atom. The molecule has 2 atom stereocenters. The van der Waals surface area contributed by atoms with Crippen LogP contribution < -0.4 is 5.73 Å². The molecule has 2 fully saturated rings. The summed E-state index contributed by atoms with van der Waals surface area (Å²) in [6.07, 6.45) is 2.70. The summed E-state index contributed by atoms with van der Waals surface area (Å²) in [4.78, 5) is 14.1. The van der Waals surface area contributed by atoms with Gasteiger partial charge in [0.1, 0.15) is 0 Å². The molecule has 1 aliphatic carbocycles. The number of carbonyl (C=O) groups excluding carboxylic acids is 1. The van der Waals surface area contributed by atoms with Crippen LogP contribution in [0.3, 0.4) is 0 Å². The van der Waals surface area contributed by atoms with Crippen molar-refractivity contribution >= 4 is 5.91 Å². The summed E-state index contributed by atoms with van der Waals surface area (Å²) in [6.45, 7) is 4.05. The van der Waals surface area contributed by atoms with E-state index < -0.39 is 0 Å². The van der Waals surface area contributed by atoms with Gasteiger partial charge in [0, 0.05) is 36.8 Å². The topological polar surface area (TPSA) is 64.2 Å². The summed E-state index contributed by atoms with van der Waals surface area (Å²) in [6, 6.07) is 0.341. The molecule has 2 aliphatic rings. The molecule has 98 valence electrons. The van der Waals surface area contributed by atoms with Crippen molar-refractivity contribution in [3.05, 3.63) is 17.0 Å². The van der Waals surface area contributed by atoms with E-state index in [-0.39, 0.29) is 18.0 Å². The van der Waals surface area contributed by atoms with Crippen LogP contribution in [0.5, 0.6) is 0 Å². The maximum Gasteiger partial charge on any atom is 0.225 e. The number of nitrogens with zero attached hydrogens (tertiary/aromatic N) is 3. The molecule has 2 unspecified atom stereocenters. The number of nitrogens with two attached hydrogens (primary N) is 1. The summed E-state index contributed by atoms with van der Waals surface area (Å²) in [5.74, 6) is 0.206. The Balaban J connectivity index is 2.05. The number of amides is 1. The van der Waals surface area contributed by atoms with Crippen molar-refractivity contribution < 1.29 is 4.79 Å². The molecule has 2 N–H and O–H groups in total. The van der Waals surface area contributed by atoms with Gasteiger partial charge >= 0.3 is 0 Å². The number of aromatic nitrogens is 2. The molecule has 5 nitrogen and oxygen atoms in total. The highest BCUT2D eigenvalue weighted by Gasteiger charge is 2.47. The van der Waals surface area contributed by atoms with Gasteiger partial charge < -0.3 is 10.6 Å². The maximum absolute atomic E-state index is 12.1. The molecule has 18 heavy (non-hydrogen) atoms. The second kappa shape index (κ2) is 3.82. The first-order valence-corrected chi connectivity index (χ1v) is 6.57. The van der Waals surface area contributed by atoms with Gasteiger partial charge in [-0.3, -0.25) is 9.48 Å². The summed E-state index contributed by atoms with van der Waals surface area (Å²) >= 11 is 0. The number of aryl methyl sites for hydroxylation is 2. The van der Waals surface area contributed by atoms with E-state index in [1.807, 2.05) is 23.6 Å². The lowest BCUT2D eigenvalue weighted by Gasteiger charge is -2.27. The third kappa shape index (κ3) is 1.57. The third-order valence-electron chi connectivity index (χ3n) is 4.20. The molecule has 0 aromatic carbocycles. The lowest BCUT2D eigenvalue weighted by atomic mass is 9.99. The van der Waals surface area contributed by atoms with E-state index in [1.165, 1.54) is 0 Å². The standard InChI is InChI=1S/C13H20N4O/c1-7-12(8(2)16(3)15-7)13-10(14)6-11(18)17(13)9-4-5-9/h9-10,13H,4-6,14H2,1-3H3. The Labute approximate surface area is 107 Å². The molecule has 1 aromatic heterocycles. The fraction of sp³-hybridized carbons (Fsp3) is 0.692. The van der Waals surface area contributed by atoms with Gasteiger partial charge in [-0.05, 0) is 26.7 Å². The first-order chi connectivity index (χ1) is 8.50. The Morgan fingerprint density at radius 3 is 2.50 bits per heavy atom. The van der Waals surface area contributed by atoms with Crippen LogP contribution in [0.1, 0.15) is 42.3 Å². The summed E-state index contributed by atoms with van der Waals surface area (Å²) in [7, 11) is 1.94. The van der Waals surface area contributed by atoms with Gasteiger partial charge in [0.2, 0.25) is 5.91 Å². The number of hydrogen-bond acceptors (Lipinski definition) is 3. The monoisotopic (exact) mass is 248 g/mol. The Hall–Kier alpha value is -1.36. The first-order valence-electron chi connectivity index (χ1n) is 6.57. The SMILES string of the molecule is Cc1nn(C)c(C)c1C1C(N)CC(=O)N1C1CC1. The molecule has 0 spiro atoms. The summed E-state index contributed by atoms with van der Waals surface area (Å²) in [5.41, 5.74) is 9.48. The van der Waals surface area contributed by atoms with Gasteiger partial charge in [0.25, 0.3) is 0 Å². The fourth-order valence-corrected chi connectivity index (χ4v) is 3.13. The Kier molecular flexibility index (Phi) is 2.48. The quantitative estimate of drug-likeness (QED) is 0.842. The van der Waals surface area contributed by atoms with Gasteiger partial charge in [0.15, 0.2) is 0 Å². The van der Waals surface area contributed by atoms with Crippen LogP contribution in [0, 0.1) is 13.8 Å². The van der Waals surface area contributed by atoms with Crippen molar-refractivity contribution in [1.82, 2.24) is 14.7 Å². The van der Waals surface area contributed by atoms with E-state index in [4.69, 9.17) is 5.73 Å². The van der Waals surface area contributed by atoms with Gasteiger partial charge in [0.05, 0.1) is 11.7 Å². The second-order valence-corrected chi connectivity index (χ2v) is 5.55. The molecule has 1 saturated carbocycles. The van der Waals surface area contributed by atoms with E-state index in [2.05, 4.69) is 12.0 Å². The molecule has 3 rings (SSSR count). The minimum atomic E-state index is -0.0975. The number of carbonyl (C=O) groups is 1. The van der Waals surface area contributed by atoms with E-state index in [0.29, 0.717) is 12.5 Å². The highest BCUT2D eigenvalue weighted by atomic mass is 16.2. The zero-order valence-corrected chi connectivity index (χ0v) is 11.2. The molecule has 1 aliphatic heterocycles. The number of hydrogen-bond donors (Lipinski definition) is 1. The maximum atomic E-state index is 12.1. The van der Waals surface area contributed by atoms with Crippen LogP contribution in [0.2, 0.25) is 0 Å². The smallest absolute Gasteiger partial charge is 0.225 e. The number of rotatable bonds is 2. The molecular formula is C13H20N4O. The van der Waals surface area contributed by atoms with E-state index >= 15 is 0 Å². The second-order valence-electron chi connectivity index (χ2n) is 5.55. The lowest BCUT2D eigenvalue weighted by molar-refractivity contribution is -0.129. The van der Waals surface area contributed by atoms with Gasteiger partial charge in [-0.15, -0.1) is 0 Å². The lowest BCUT2D eigenvalue weighted by Crippen LogP contribution is -2.35. The van der Waals surface area contributed by atoms with Crippen LogP contribution >= 0.6 is 0 Å². The summed E-state index contributed by atoms with van der Waals surface area (Å²) in [5, 5.41) is 4.45. The normalized spacial score (nSPS) is 28.2. The van der Waals surface area contributed by atoms with Crippen LogP contribution in [-0.4, -0.2) is 32.7 Å². The molecule has 1 aromatic rings. The fourth-order valence-electron chi connectivity index (χ4n) is 3.13. The van der Waals surface area contributed by atoms with E-state index in [0.717, 1.165) is 29.8 Å². The van der Waals surface area contributed by atoms with E-state index in [1.54, 1.807) is 0 Å². The highest BCUT2D eigenvalue weighted by molar-refractivity contribution is 5.81. The molecule has 2 heterocycles. The highest BCUT2D eigenvalue weighted by Crippen LogP contribution is 2.42. The van der Waals surface area contributed by atoms with Crippen molar-refractivity contribution in [2.45, 2.75) is 51.2 Å². The zero-order chi connectivity index (χ0) is 13.0. The Morgan fingerprint density at radius 2 is 2.00 bits per heavy atom. The van der Waals surface area contributed by atoms with Crippen LogP contribution in [-0.2, 0) is 11.8 Å². The van der Waals surface area contributed by atoms with Crippen molar-refractivity contribution in [2.24, 2.45) is 12.8 Å². The largest absolute Gasteiger partial charge is 0.331 e. The average Bonchev–Trinajstić information content (AvgIpc) is 3.02. The van der Waals surface area contributed by atoms with Crippen molar-refractivity contribution in [1.29, 1.82) is 0 Å². The average molecular weight is 248 g/mol. The molecule has 1 saturated heterocycles. The van der Waals surface area contributed by atoms with Gasteiger partial charge in [-0.2, -0.15) is 5.10 Å². The molecule has 5 heteroatoms. The van der Waals surface area contributed by atoms with Gasteiger partial charge in [-0.1, -0.05) is 0 Å². The van der Waals surface area contributed by atoms with Crippen LogP contribution in [0.25, 0.3) is 0 Å². The predicted octanol–water partition coefficient (Wildman–Crippen LogP) is 0.800. The molecule has 1 amide bonds. The van der Waals surface area contributed by atoms with Crippen LogP contribution in [0.4, 0.5) is 0 Å². The third-order valence-corrected chi connectivity index (χ3v) is 4.20. The number of likely N-dealkylation sites (tertiary alicyclic amines) is 1. The predicted molar refractivity (Wildman–Crippen MR) is 67.9 cm³/mol. The van der Waals surface area contributed by atoms with E-state index in [9.17, 15) is 4.79 Å². The van der Waals surface area contributed by atoms with Crippen molar-refractivity contribution in [3.8, 4) is 0 Å². The summed E-state index contributed by atoms with van der Waals surface area (Å²) < 4.78 is 1.88. The Bertz CT molecular complexity index is 503. The van der Waals surface area contributed by atoms with Crippen molar-refractivity contribution in [3.63, 3.8) is 0 Å².